The molecule has 2 aromatic heterocycles. The van der Waals surface area contributed by atoms with Crippen LogP contribution in [0, 0.1) is 11.6 Å². The number of aliphatic hydroxyl groups excluding tert-OH is 1. The topological polar surface area (TPSA) is 108 Å². The highest BCUT2D eigenvalue weighted by atomic mass is 19.1. The van der Waals surface area contributed by atoms with Gasteiger partial charge in [0.15, 0.2) is 5.82 Å². The van der Waals surface area contributed by atoms with Crippen LogP contribution < -0.4 is 9.80 Å². The van der Waals surface area contributed by atoms with E-state index in [1.807, 2.05) is 0 Å². The van der Waals surface area contributed by atoms with Crippen LogP contribution >= 0.6 is 0 Å². The van der Waals surface area contributed by atoms with E-state index in [0.717, 1.165) is 37.4 Å². The third-order valence-electron chi connectivity index (χ3n) is 7.88. The summed E-state index contributed by atoms with van der Waals surface area (Å²) in [4.78, 5) is 29.0. The average Bonchev–Trinajstić information content (AvgIpc) is 3.57. The molecule has 0 unspecified atom stereocenters. The summed E-state index contributed by atoms with van der Waals surface area (Å²) >= 11 is 0. The van der Waals surface area contributed by atoms with Gasteiger partial charge in [0, 0.05) is 35.9 Å². The predicted molar refractivity (Wildman–Crippen MR) is 138 cm³/mol. The van der Waals surface area contributed by atoms with Gasteiger partial charge in [-0.05, 0) is 55.5 Å². The van der Waals surface area contributed by atoms with E-state index in [2.05, 4.69) is 25.0 Å². The first kappa shape index (κ1) is 24.1. The van der Waals surface area contributed by atoms with Crippen molar-refractivity contribution < 1.29 is 23.2 Å². The normalized spacial score (nSPS) is 20.4. The van der Waals surface area contributed by atoms with E-state index in [9.17, 15) is 14.3 Å². The zero-order valence-corrected chi connectivity index (χ0v) is 21.1. The average molecular weight is 533 g/mol. The standard InChI is InChI=1S/C28H26F2N6O3/c29-18-10-20(17-3-4-23(22(30)9-17)36-13-19(37)12-24(36)38)25-21(11-18)27(32-14-31-25)35-7-5-15(6-8-35)26-33-28(39-34-26)16-1-2-16/h3-4,9-11,14-16,19,37H,1-2,5-8,12-13H2/t19-/m0/s1. The van der Waals surface area contributed by atoms with E-state index < -0.39 is 17.7 Å². The van der Waals surface area contributed by atoms with Crippen molar-refractivity contribution in [3.8, 4) is 11.1 Å². The number of anilines is 2. The van der Waals surface area contributed by atoms with Crippen LogP contribution in [0.5, 0.6) is 0 Å². The Hall–Kier alpha value is -3.99. The van der Waals surface area contributed by atoms with Crippen LogP contribution in [-0.4, -0.2) is 56.9 Å². The van der Waals surface area contributed by atoms with Crippen LogP contribution in [0.25, 0.3) is 22.0 Å². The van der Waals surface area contributed by atoms with Gasteiger partial charge in [-0.25, -0.2) is 18.7 Å². The van der Waals surface area contributed by atoms with Gasteiger partial charge in [0.2, 0.25) is 11.8 Å². The summed E-state index contributed by atoms with van der Waals surface area (Å²) in [6, 6.07) is 7.14. The molecule has 2 saturated heterocycles. The van der Waals surface area contributed by atoms with Gasteiger partial charge in [-0.2, -0.15) is 4.98 Å². The summed E-state index contributed by atoms with van der Waals surface area (Å²) in [5.74, 6) is 1.29. The van der Waals surface area contributed by atoms with Crippen LogP contribution in [0.3, 0.4) is 0 Å². The lowest BCUT2D eigenvalue weighted by atomic mass is 9.95. The maximum atomic E-state index is 15.2. The minimum atomic E-state index is -0.823. The number of aliphatic hydroxyl groups is 1. The molecule has 1 atom stereocenters. The van der Waals surface area contributed by atoms with Crippen molar-refractivity contribution in [2.75, 3.05) is 29.4 Å². The summed E-state index contributed by atoms with van der Waals surface area (Å²) < 4.78 is 35.5. The quantitative estimate of drug-likeness (QED) is 0.405. The molecule has 4 heterocycles. The van der Waals surface area contributed by atoms with Gasteiger partial charge in [-0.1, -0.05) is 11.2 Å². The number of piperidine rings is 1. The fourth-order valence-corrected chi connectivity index (χ4v) is 5.67. The predicted octanol–water partition coefficient (Wildman–Crippen LogP) is 4.32. The van der Waals surface area contributed by atoms with Crippen LogP contribution in [0.1, 0.15) is 55.7 Å². The second kappa shape index (κ2) is 9.33. The van der Waals surface area contributed by atoms with Crippen LogP contribution in [0.15, 0.2) is 41.2 Å². The fraction of sp³-hybridized carbons (Fsp3) is 0.393. The lowest BCUT2D eigenvalue weighted by molar-refractivity contribution is -0.117. The summed E-state index contributed by atoms with van der Waals surface area (Å²) in [6.45, 7) is 1.42. The number of nitrogens with zero attached hydrogens (tertiary/aromatic N) is 6. The smallest absolute Gasteiger partial charge is 0.229 e. The Morgan fingerprint density at radius 1 is 1.00 bits per heavy atom. The monoisotopic (exact) mass is 532 g/mol. The summed E-state index contributed by atoms with van der Waals surface area (Å²) in [5, 5.41) is 14.5. The van der Waals surface area contributed by atoms with E-state index in [-0.39, 0.29) is 30.5 Å². The number of benzene rings is 2. The van der Waals surface area contributed by atoms with Crippen molar-refractivity contribution in [3.05, 3.63) is 60.0 Å². The highest BCUT2D eigenvalue weighted by Gasteiger charge is 2.33. The van der Waals surface area contributed by atoms with Crippen molar-refractivity contribution in [3.63, 3.8) is 0 Å². The van der Waals surface area contributed by atoms with Crippen molar-refractivity contribution in [2.45, 2.75) is 50.0 Å². The van der Waals surface area contributed by atoms with Crippen molar-refractivity contribution in [1.82, 2.24) is 20.1 Å². The minimum absolute atomic E-state index is 0.0384. The number of carbonyl (C=O) groups excluding carboxylic acids is 1. The maximum Gasteiger partial charge on any atom is 0.229 e. The zero-order chi connectivity index (χ0) is 26.7. The van der Waals surface area contributed by atoms with Crippen LogP contribution in [-0.2, 0) is 4.79 Å². The highest BCUT2D eigenvalue weighted by molar-refractivity contribution is 6.00. The molecule has 7 rings (SSSR count). The maximum absolute atomic E-state index is 15.2. The lowest BCUT2D eigenvalue weighted by Crippen LogP contribution is -2.34. The van der Waals surface area contributed by atoms with Crippen molar-refractivity contribution in [2.24, 2.45) is 0 Å². The molecule has 2 aromatic carbocycles. The Labute approximate surface area is 222 Å². The van der Waals surface area contributed by atoms with E-state index in [1.165, 1.54) is 35.5 Å². The molecule has 0 spiro atoms. The number of hydrogen-bond acceptors (Lipinski definition) is 8. The van der Waals surface area contributed by atoms with Gasteiger partial charge in [0.05, 0.1) is 30.3 Å². The van der Waals surface area contributed by atoms with E-state index in [4.69, 9.17) is 4.52 Å². The number of carbonyl (C=O) groups is 1. The number of aromatic nitrogens is 4. The molecule has 1 N–H and O–H groups in total. The van der Waals surface area contributed by atoms with Crippen molar-refractivity contribution >= 4 is 28.3 Å². The van der Waals surface area contributed by atoms with E-state index >= 15 is 4.39 Å². The molecule has 2 aliphatic heterocycles. The van der Waals surface area contributed by atoms with E-state index in [0.29, 0.717) is 46.9 Å². The number of halogens is 2. The Kier molecular flexibility index (Phi) is 5.76. The molecule has 1 saturated carbocycles. The number of hydrogen-bond donors (Lipinski definition) is 1. The van der Waals surface area contributed by atoms with Gasteiger partial charge in [-0.3, -0.25) is 4.79 Å². The highest BCUT2D eigenvalue weighted by Crippen LogP contribution is 2.40. The molecular weight excluding hydrogens is 506 g/mol. The molecule has 0 bridgehead atoms. The number of amides is 1. The number of rotatable bonds is 5. The van der Waals surface area contributed by atoms with Gasteiger partial charge in [0.25, 0.3) is 0 Å². The summed E-state index contributed by atoms with van der Waals surface area (Å²) in [7, 11) is 0. The number of β-amino-alcohol motifs (C(OH)–C–C–N with tert-alkyl or cyclic N) is 1. The second-order valence-corrected chi connectivity index (χ2v) is 10.6. The second-order valence-electron chi connectivity index (χ2n) is 10.6. The lowest BCUT2D eigenvalue weighted by Gasteiger charge is -2.32. The molecule has 39 heavy (non-hydrogen) atoms. The third kappa shape index (κ3) is 4.40. The summed E-state index contributed by atoms with van der Waals surface area (Å²) in [6.07, 6.45) is 4.43. The van der Waals surface area contributed by atoms with Crippen molar-refractivity contribution in [1.29, 1.82) is 0 Å². The molecule has 3 fully saturated rings. The fourth-order valence-electron chi connectivity index (χ4n) is 5.67. The first-order valence-corrected chi connectivity index (χ1v) is 13.3. The zero-order valence-electron chi connectivity index (χ0n) is 21.1. The van der Waals surface area contributed by atoms with Crippen LogP contribution in [0.4, 0.5) is 20.3 Å². The molecule has 9 nitrogen and oxygen atoms in total. The SMILES string of the molecule is O=C1C[C@H](O)CN1c1ccc(-c2cc(F)cc3c(N4CCC(c5noc(C6CC6)n5)CC4)ncnc23)cc1F. The molecule has 1 amide bonds. The minimum Gasteiger partial charge on any atom is -0.391 e. The molecule has 1 aliphatic carbocycles. The van der Waals surface area contributed by atoms with Gasteiger partial charge < -0.3 is 19.4 Å². The Morgan fingerprint density at radius 2 is 1.82 bits per heavy atom. The molecule has 4 aromatic rings. The molecule has 3 aliphatic rings. The molecule has 0 radical (unpaired) electrons. The van der Waals surface area contributed by atoms with Gasteiger partial charge in [0.1, 0.15) is 23.8 Å². The summed E-state index contributed by atoms with van der Waals surface area (Å²) in [5.41, 5.74) is 1.46. The Morgan fingerprint density at radius 3 is 2.54 bits per heavy atom. The first-order chi connectivity index (χ1) is 18.9. The van der Waals surface area contributed by atoms with E-state index in [1.54, 1.807) is 6.07 Å². The van der Waals surface area contributed by atoms with Gasteiger partial charge in [-0.15, -0.1) is 0 Å². The number of fused-ring (bicyclic) bond motifs is 1. The largest absolute Gasteiger partial charge is 0.391 e. The molecule has 11 heteroatoms. The van der Waals surface area contributed by atoms with Gasteiger partial charge >= 0.3 is 0 Å². The Bertz CT molecular complexity index is 1580. The van der Waals surface area contributed by atoms with Crippen LogP contribution in [0.2, 0.25) is 0 Å². The third-order valence-corrected chi connectivity index (χ3v) is 7.88. The molecule has 200 valence electrons. The Balaban J connectivity index is 1.17. The molecular formula is C28H26F2N6O3. The first-order valence-electron chi connectivity index (χ1n) is 13.3.